The number of halogens is 1. The molecule has 19 heavy (non-hydrogen) atoms. The van der Waals surface area contributed by atoms with Crippen molar-refractivity contribution in [2.24, 2.45) is 11.1 Å². The van der Waals surface area contributed by atoms with Gasteiger partial charge < -0.3 is 15.8 Å². The summed E-state index contributed by atoms with van der Waals surface area (Å²) < 4.78 is 18.6. The highest BCUT2D eigenvalue weighted by Crippen LogP contribution is 2.42. The molecular formula is C13H15FN2O2S. The Kier molecular flexibility index (Phi) is 3.71. The Morgan fingerprint density at radius 3 is 2.68 bits per heavy atom. The second-order valence-corrected chi connectivity index (χ2v) is 5.04. The summed E-state index contributed by atoms with van der Waals surface area (Å²) in [7, 11) is 1.47. The van der Waals surface area contributed by atoms with Crippen LogP contribution >= 0.6 is 12.2 Å². The maximum atomic E-state index is 13.6. The van der Waals surface area contributed by atoms with Crippen LogP contribution in [-0.2, 0) is 4.79 Å². The number of nitrogens with one attached hydrogen (secondary N) is 1. The number of nitrogens with two attached hydrogens (primary N) is 1. The van der Waals surface area contributed by atoms with Crippen LogP contribution in [0.5, 0.6) is 5.75 Å². The predicted molar refractivity (Wildman–Crippen MR) is 74.7 cm³/mol. The highest BCUT2D eigenvalue weighted by Gasteiger charge is 2.47. The number of benzene rings is 1. The van der Waals surface area contributed by atoms with E-state index in [0.29, 0.717) is 18.6 Å². The average molecular weight is 282 g/mol. The number of thiocarbonyl (C=S) groups is 1. The van der Waals surface area contributed by atoms with Crippen LogP contribution in [0, 0.1) is 11.2 Å². The summed E-state index contributed by atoms with van der Waals surface area (Å²) >= 11 is 4.95. The minimum atomic E-state index is -0.829. The summed E-state index contributed by atoms with van der Waals surface area (Å²) in [5.74, 6) is -0.403. The Labute approximate surface area is 116 Å². The molecular weight excluding hydrogens is 267 g/mol. The molecule has 0 radical (unpaired) electrons. The average Bonchev–Trinajstić information content (AvgIpc) is 2.30. The third-order valence-electron chi connectivity index (χ3n) is 3.54. The molecule has 0 aliphatic heterocycles. The molecule has 1 aliphatic carbocycles. The summed E-state index contributed by atoms with van der Waals surface area (Å²) in [5, 5.41) is 2.55. The minimum absolute atomic E-state index is 0.0758. The lowest BCUT2D eigenvalue weighted by Gasteiger charge is -2.39. The molecule has 0 atom stereocenters. The number of methoxy groups -OCH3 is 1. The lowest BCUT2D eigenvalue weighted by Crippen LogP contribution is -2.50. The van der Waals surface area contributed by atoms with Gasteiger partial charge in [-0.2, -0.15) is 0 Å². The maximum Gasteiger partial charge on any atom is 0.237 e. The second-order valence-electron chi connectivity index (χ2n) is 4.60. The van der Waals surface area contributed by atoms with Crippen molar-refractivity contribution in [2.45, 2.75) is 19.3 Å². The largest absolute Gasteiger partial charge is 0.497 e. The maximum absolute atomic E-state index is 13.6. The first-order valence-corrected chi connectivity index (χ1v) is 6.35. The first kappa shape index (κ1) is 13.7. The van der Waals surface area contributed by atoms with Crippen LogP contribution in [0.3, 0.4) is 0 Å². The van der Waals surface area contributed by atoms with E-state index in [0.717, 1.165) is 6.42 Å². The van der Waals surface area contributed by atoms with Crippen LogP contribution in [-0.4, -0.2) is 18.0 Å². The summed E-state index contributed by atoms with van der Waals surface area (Å²) in [4.78, 5) is 12.4. The van der Waals surface area contributed by atoms with Gasteiger partial charge in [-0.25, -0.2) is 4.39 Å². The third-order valence-corrected chi connectivity index (χ3v) is 3.93. The van der Waals surface area contributed by atoms with E-state index >= 15 is 0 Å². The molecule has 6 heteroatoms. The van der Waals surface area contributed by atoms with Crippen molar-refractivity contribution in [2.75, 3.05) is 12.4 Å². The minimum Gasteiger partial charge on any atom is -0.497 e. The molecule has 2 rings (SSSR count). The topological polar surface area (TPSA) is 64.3 Å². The number of rotatable bonds is 4. The fourth-order valence-electron chi connectivity index (χ4n) is 2.08. The fourth-order valence-corrected chi connectivity index (χ4v) is 2.38. The van der Waals surface area contributed by atoms with E-state index in [4.69, 9.17) is 22.7 Å². The molecule has 102 valence electrons. The van der Waals surface area contributed by atoms with Gasteiger partial charge in [0.05, 0.1) is 23.2 Å². The van der Waals surface area contributed by atoms with E-state index in [2.05, 4.69) is 5.32 Å². The lowest BCUT2D eigenvalue weighted by molar-refractivity contribution is -0.125. The van der Waals surface area contributed by atoms with Crippen LogP contribution in [0.2, 0.25) is 0 Å². The van der Waals surface area contributed by atoms with Crippen molar-refractivity contribution >= 4 is 28.8 Å². The van der Waals surface area contributed by atoms with Crippen molar-refractivity contribution in [1.29, 1.82) is 0 Å². The Hall–Kier alpha value is -1.69. The molecule has 0 bridgehead atoms. The van der Waals surface area contributed by atoms with Crippen molar-refractivity contribution < 1.29 is 13.9 Å². The van der Waals surface area contributed by atoms with Crippen LogP contribution in [0.4, 0.5) is 10.1 Å². The SMILES string of the molecule is COc1ccc(F)c(NC(=O)C2(C(N)=S)CCC2)c1. The molecule has 1 amide bonds. The Morgan fingerprint density at radius 2 is 2.21 bits per heavy atom. The summed E-state index contributed by atoms with van der Waals surface area (Å²) in [5.41, 5.74) is 4.88. The third kappa shape index (κ3) is 2.40. The van der Waals surface area contributed by atoms with E-state index in [1.54, 1.807) is 0 Å². The van der Waals surface area contributed by atoms with Gasteiger partial charge in [0, 0.05) is 6.07 Å². The molecule has 1 aromatic rings. The molecule has 0 heterocycles. The van der Waals surface area contributed by atoms with E-state index in [1.807, 2.05) is 0 Å². The first-order valence-electron chi connectivity index (χ1n) is 5.94. The Bertz CT molecular complexity index is 529. The Balaban J connectivity index is 2.21. The zero-order valence-corrected chi connectivity index (χ0v) is 11.3. The predicted octanol–water partition coefficient (Wildman–Crippen LogP) is 2.23. The van der Waals surface area contributed by atoms with Crippen molar-refractivity contribution in [1.82, 2.24) is 0 Å². The number of hydrogen-bond acceptors (Lipinski definition) is 3. The molecule has 0 spiro atoms. The highest BCUT2D eigenvalue weighted by atomic mass is 32.1. The standard InChI is InChI=1S/C13H15FN2O2S/c1-18-8-3-4-9(14)10(7-8)16-12(17)13(11(15)19)5-2-6-13/h3-4,7H,2,5-6H2,1H3,(H2,15,19)(H,16,17). The zero-order chi connectivity index (χ0) is 14.0. The molecule has 0 aromatic heterocycles. The highest BCUT2D eigenvalue weighted by molar-refractivity contribution is 7.80. The summed E-state index contributed by atoms with van der Waals surface area (Å²) in [6.45, 7) is 0. The zero-order valence-electron chi connectivity index (χ0n) is 10.5. The normalized spacial score (nSPS) is 16.3. The van der Waals surface area contributed by atoms with Crippen LogP contribution < -0.4 is 15.8 Å². The van der Waals surface area contributed by atoms with Crippen LogP contribution in [0.25, 0.3) is 0 Å². The van der Waals surface area contributed by atoms with Crippen molar-refractivity contribution in [3.63, 3.8) is 0 Å². The van der Waals surface area contributed by atoms with Gasteiger partial charge in [0.25, 0.3) is 0 Å². The van der Waals surface area contributed by atoms with Gasteiger partial charge in [0.15, 0.2) is 0 Å². The van der Waals surface area contributed by atoms with Crippen LogP contribution in [0.1, 0.15) is 19.3 Å². The fraction of sp³-hybridized carbons (Fsp3) is 0.385. The van der Waals surface area contributed by atoms with E-state index in [1.165, 1.54) is 25.3 Å². The molecule has 1 saturated carbocycles. The number of ether oxygens (including phenoxy) is 1. The van der Waals surface area contributed by atoms with E-state index in [9.17, 15) is 9.18 Å². The molecule has 0 saturated heterocycles. The quantitative estimate of drug-likeness (QED) is 0.831. The monoisotopic (exact) mass is 282 g/mol. The summed E-state index contributed by atoms with van der Waals surface area (Å²) in [6, 6.07) is 4.15. The number of carbonyl (C=O) groups excluding carboxylic acids is 1. The molecule has 3 N–H and O–H groups in total. The van der Waals surface area contributed by atoms with Crippen LogP contribution in [0.15, 0.2) is 18.2 Å². The van der Waals surface area contributed by atoms with Gasteiger partial charge in [-0.1, -0.05) is 18.6 Å². The van der Waals surface area contributed by atoms with Gasteiger partial charge in [0.1, 0.15) is 11.6 Å². The van der Waals surface area contributed by atoms with Crippen molar-refractivity contribution in [3.8, 4) is 5.75 Å². The van der Waals surface area contributed by atoms with Gasteiger partial charge >= 0.3 is 0 Å². The van der Waals surface area contributed by atoms with Crippen molar-refractivity contribution in [3.05, 3.63) is 24.0 Å². The number of amides is 1. The molecule has 1 aliphatic rings. The molecule has 0 unspecified atom stereocenters. The second kappa shape index (κ2) is 5.13. The smallest absolute Gasteiger partial charge is 0.237 e. The molecule has 4 nitrogen and oxygen atoms in total. The van der Waals surface area contributed by atoms with Gasteiger partial charge in [-0.05, 0) is 25.0 Å². The van der Waals surface area contributed by atoms with Gasteiger partial charge in [-0.3, -0.25) is 4.79 Å². The number of hydrogen-bond donors (Lipinski definition) is 2. The Morgan fingerprint density at radius 1 is 1.53 bits per heavy atom. The van der Waals surface area contributed by atoms with E-state index < -0.39 is 11.2 Å². The van der Waals surface area contributed by atoms with Gasteiger partial charge in [0.2, 0.25) is 5.91 Å². The van der Waals surface area contributed by atoms with E-state index in [-0.39, 0.29) is 16.6 Å². The van der Waals surface area contributed by atoms with Gasteiger partial charge in [-0.15, -0.1) is 0 Å². The number of carbonyl (C=O) groups is 1. The molecule has 1 fully saturated rings. The first-order chi connectivity index (χ1) is 8.99. The summed E-state index contributed by atoms with van der Waals surface area (Å²) in [6.07, 6.45) is 2.12. The number of anilines is 1. The molecule has 1 aromatic carbocycles. The lowest BCUT2D eigenvalue weighted by atomic mass is 9.68.